The summed E-state index contributed by atoms with van der Waals surface area (Å²) in [5, 5.41) is 9.50. The van der Waals surface area contributed by atoms with E-state index >= 15 is 0 Å². The van der Waals surface area contributed by atoms with Gasteiger partial charge >= 0.3 is 5.97 Å². The molecule has 0 aromatic heterocycles. The zero-order chi connectivity index (χ0) is 18.4. The topological polar surface area (TPSA) is 130 Å². The number of carboxylic acids is 1. The van der Waals surface area contributed by atoms with Gasteiger partial charge in [-0.05, 0) is 48.9 Å². The monoisotopic (exact) mass is 367 g/mol. The van der Waals surface area contributed by atoms with E-state index in [1.807, 2.05) is 0 Å². The molecule has 9 heteroatoms. The zero-order valence-electron chi connectivity index (χ0n) is 13.8. The molecule has 0 aliphatic carbocycles. The van der Waals surface area contributed by atoms with Crippen LogP contribution in [-0.4, -0.2) is 48.6 Å². The Hall–Kier alpha value is -2.13. The van der Waals surface area contributed by atoms with Gasteiger partial charge in [0.1, 0.15) is 6.04 Å². The first-order valence-electron chi connectivity index (χ1n) is 8.08. The molecular weight excluding hydrogens is 346 g/mol. The lowest BCUT2D eigenvalue weighted by Crippen LogP contribution is -2.53. The number of nitrogens with one attached hydrogen (secondary N) is 1. The fourth-order valence-corrected chi connectivity index (χ4v) is 4.29. The van der Waals surface area contributed by atoms with E-state index in [4.69, 9.17) is 5.73 Å². The molecule has 1 amide bonds. The van der Waals surface area contributed by atoms with Gasteiger partial charge in [0.2, 0.25) is 15.9 Å². The van der Waals surface area contributed by atoms with Gasteiger partial charge in [-0.1, -0.05) is 6.07 Å². The van der Waals surface area contributed by atoms with Crippen LogP contribution in [0.25, 0.3) is 0 Å². The number of carboxylic acid groups (broad SMARTS) is 1. The van der Waals surface area contributed by atoms with E-state index in [9.17, 15) is 23.1 Å². The predicted molar refractivity (Wildman–Crippen MR) is 91.4 cm³/mol. The summed E-state index contributed by atoms with van der Waals surface area (Å²) in [6, 6.07) is 2.94. The van der Waals surface area contributed by atoms with E-state index in [0.717, 1.165) is 17.4 Å². The number of hydrogen-bond acceptors (Lipinski definition) is 5. The van der Waals surface area contributed by atoms with E-state index in [-0.39, 0.29) is 5.91 Å². The second kappa shape index (κ2) is 6.30. The number of nitrogens with two attached hydrogens (primary N) is 1. The zero-order valence-corrected chi connectivity index (χ0v) is 14.6. The van der Waals surface area contributed by atoms with Crippen molar-refractivity contribution in [3.05, 3.63) is 29.3 Å². The molecule has 0 bridgehead atoms. The number of amides is 1. The Kier molecular flexibility index (Phi) is 4.46. The molecule has 1 aromatic carbocycles. The van der Waals surface area contributed by atoms with Crippen LogP contribution in [0.3, 0.4) is 0 Å². The van der Waals surface area contributed by atoms with Crippen LogP contribution in [0.5, 0.6) is 0 Å². The summed E-state index contributed by atoms with van der Waals surface area (Å²) in [5.74, 6) is -1.41. The third-order valence-electron chi connectivity index (χ3n) is 4.73. The van der Waals surface area contributed by atoms with Crippen molar-refractivity contribution in [3.8, 4) is 0 Å². The first-order valence-corrected chi connectivity index (χ1v) is 9.97. The molecule has 1 aromatic rings. The minimum Gasteiger partial charge on any atom is -0.480 e. The summed E-state index contributed by atoms with van der Waals surface area (Å²) in [6.45, 7) is 0. The molecule has 0 spiro atoms. The van der Waals surface area contributed by atoms with E-state index in [1.165, 1.54) is 4.90 Å². The molecule has 1 saturated heterocycles. The lowest BCUT2D eigenvalue weighted by atomic mass is 9.89. The van der Waals surface area contributed by atoms with Crippen molar-refractivity contribution >= 4 is 27.6 Å². The molecule has 2 aliphatic heterocycles. The number of fused-ring (bicyclic) bond motifs is 3. The summed E-state index contributed by atoms with van der Waals surface area (Å²) >= 11 is 0. The minimum atomic E-state index is -3.44. The minimum absolute atomic E-state index is 0.298. The number of nitrogens with zero attached hydrogens (tertiary/aromatic N) is 1. The fraction of sp³-hybridized carbons (Fsp3) is 0.500. The van der Waals surface area contributed by atoms with Crippen molar-refractivity contribution < 1.29 is 23.1 Å². The van der Waals surface area contributed by atoms with E-state index in [1.54, 1.807) is 18.2 Å². The number of sulfonamides is 1. The highest BCUT2D eigenvalue weighted by molar-refractivity contribution is 7.92. The largest absolute Gasteiger partial charge is 0.480 e. The number of carbonyl (C=O) groups excluding carboxylic acids is 1. The number of hydrogen-bond donors (Lipinski definition) is 3. The molecule has 3 atom stereocenters. The predicted octanol–water partition coefficient (Wildman–Crippen LogP) is 0.448. The number of anilines is 1. The maximum Gasteiger partial charge on any atom is 0.326 e. The van der Waals surface area contributed by atoms with E-state index < -0.39 is 34.1 Å². The van der Waals surface area contributed by atoms with Gasteiger partial charge in [0, 0.05) is 5.69 Å². The molecule has 3 rings (SSSR count). The molecule has 25 heavy (non-hydrogen) atoms. The average Bonchev–Trinajstić information content (AvgIpc) is 2.62. The van der Waals surface area contributed by atoms with Crippen molar-refractivity contribution in [2.45, 2.75) is 43.8 Å². The molecule has 136 valence electrons. The highest BCUT2D eigenvalue weighted by atomic mass is 32.2. The molecule has 2 heterocycles. The van der Waals surface area contributed by atoms with Crippen LogP contribution in [-0.2, 0) is 26.0 Å². The van der Waals surface area contributed by atoms with Gasteiger partial charge in [0.15, 0.2) is 0 Å². The number of rotatable bonds is 3. The Balaban J connectivity index is 2.09. The summed E-state index contributed by atoms with van der Waals surface area (Å²) in [7, 11) is -3.44. The molecule has 0 saturated carbocycles. The van der Waals surface area contributed by atoms with E-state index in [2.05, 4.69) is 4.72 Å². The first-order chi connectivity index (χ1) is 11.7. The number of benzene rings is 1. The molecular formula is C16H21N3O5S. The van der Waals surface area contributed by atoms with Crippen LogP contribution < -0.4 is 10.5 Å². The SMILES string of the molecule is CS(=O)(=O)Nc1ccc2c(c1)[C@H]1CCC[C@@H](C(=O)O)N1C(=O)[C@@H](N)C2. The smallest absolute Gasteiger partial charge is 0.326 e. The van der Waals surface area contributed by atoms with Crippen LogP contribution in [0.15, 0.2) is 18.2 Å². The molecule has 8 nitrogen and oxygen atoms in total. The highest BCUT2D eigenvalue weighted by Crippen LogP contribution is 2.40. The Morgan fingerprint density at radius 2 is 2.08 bits per heavy atom. The Labute approximate surface area is 146 Å². The third-order valence-corrected chi connectivity index (χ3v) is 5.34. The molecule has 4 N–H and O–H groups in total. The Morgan fingerprint density at radius 1 is 1.36 bits per heavy atom. The molecule has 0 unspecified atom stereocenters. The van der Waals surface area contributed by atoms with Gasteiger partial charge in [-0.25, -0.2) is 13.2 Å². The van der Waals surface area contributed by atoms with Crippen molar-refractivity contribution in [3.63, 3.8) is 0 Å². The number of piperidine rings is 1. The van der Waals surface area contributed by atoms with Gasteiger partial charge in [0.25, 0.3) is 0 Å². The van der Waals surface area contributed by atoms with Gasteiger partial charge in [-0.3, -0.25) is 9.52 Å². The lowest BCUT2D eigenvalue weighted by molar-refractivity contribution is -0.155. The van der Waals surface area contributed by atoms with Crippen molar-refractivity contribution in [2.75, 3.05) is 11.0 Å². The van der Waals surface area contributed by atoms with Gasteiger partial charge in [-0.15, -0.1) is 0 Å². The molecule has 0 radical (unpaired) electrons. The highest BCUT2D eigenvalue weighted by Gasteiger charge is 2.43. The Bertz CT molecular complexity index is 823. The average molecular weight is 367 g/mol. The Morgan fingerprint density at radius 3 is 2.72 bits per heavy atom. The second-order valence-corrected chi connectivity index (χ2v) is 8.39. The third kappa shape index (κ3) is 3.47. The van der Waals surface area contributed by atoms with Gasteiger partial charge in [-0.2, -0.15) is 0 Å². The maximum atomic E-state index is 12.7. The van der Waals surface area contributed by atoms with Crippen LogP contribution in [0.4, 0.5) is 5.69 Å². The van der Waals surface area contributed by atoms with Crippen LogP contribution in [0.2, 0.25) is 0 Å². The number of carbonyl (C=O) groups is 2. The summed E-state index contributed by atoms with van der Waals surface area (Å²) in [4.78, 5) is 25.7. The number of aliphatic carboxylic acids is 1. The van der Waals surface area contributed by atoms with Crippen LogP contribution >= 0.6 is 0 Å². The van der Waals surface area contributed by atoms with Crippen LogP contribution in [0.1, 0.15) is 36.4 Å². The quantitative estimate of drug-likeness (QED) is 0.711. The van der Waals surface area contributed by atoms with Crippen molar-refractivity contribution in [2.24, 2.45) is 5.73 Å². The lowest BCUT2D eigenvalue weighted by Gasteiger charge is -2.40. The summed E-state index contributed by atoms with van der Waals surface area (Å²) in [5.41, 5.74) is 8.01. The second-order valence-electron chi connectivity index (χ2n) is 6.64. The van der Waals surface area contributed by atoms with E-state index in [0.29, 0.717) is 31.4 Å². The van der Waals surface area contributed by atoms with Crippen LogP contribution in [0, 0.1) is 0 Å². The summed E-state index contributed by atoms with van der Waals surface area (Å²) in [6.07, 6.45) is 3.04. The first kappa shape index (κ1) is 17.7. The molecule has 1 fully saturated rings. The molecule has 2 aliphatic rings. The normalized spacial score (nSPS) is 26.4. The standard InChI is InChI=1S/C16H21N3O5S/c1-25(23,24)18-10-6-5-9-7-12(17)15(20)19-13(11(9)8-10)3-2-4-14(19)16(21)22/h5-6,8,12-14,18H,2-4,7,17H2,1H3,(H,21,22)/t12-,13+,14-/m0/s1. The maximum absolute atomic E-state index is 12.7. The van der Waals surface area contributed by atoms with Gasteiger partial charge < -0.3 is 15.7 Å². The van der Waals surface area contributed by atoms with Crippen molar-refractivity contribution in [1.29, 1.82) is 0 Å². The summed E-state index contributed by atoms with van der Waals surface area (Å²) < 4.78 is 25.4. The van der Waals surface area contributed by atoms with Crippen molar-refractivity contribution in [1.82, 2.24) is 4.90 Å². The fourth-order valence-electron chi connectivity index (χ4n) is 3.74. The van der Waals surface area contributed by atoms with Gasteiger partial charge in [0.05, 0.1) is 18.3 Å².